The van der Waals surface area contributed by atoms with Crippen LogP contribution in [0.3, 0.4) is 0 Å². The molecule has 0 spiro atoms. The van der Waals surface area contributed by atoms with Crippen LogP contribution in [0.1, 0.15) is 146 Å². The Bertz CT molecular complexity index is 2630. The van der Waals surface area contributed by atoms with E-state index in [1.165, 1.54) is 85.7 Å². The number of amides is 9. The van der Waals surface area contributed by atoms with Gasteiger partial charge in [-0.2, -0.15) is 0 Å². The number of nitrogens with one attached hydrogen (secondary N) is 3. The van der Waals surface area contributed by atoms with Gasteiger partial charge in [-0.15, -0.1) is 0 Å². The van der Waals surface area contributed by atoms with E-state index in [0.29, 0.717) is 38.6 Å². The SMILES string of the molecule is C=C1CN(C)C(=O)CN(C)C(=O)[C@H](CC)CC(=O)[C@H]([C@H](O)[C@H](C)C/C=C/C)N(C)C(=O)[C@H](C(C)C)N(C)C(=O)[C@H](CC(C)C)N(C)C(=O)[C@H](CC(C)C)N(C)C(=O)[C@@H](C)NC(=O)CCC(=O)CN(C)C(=O)[C@H](CCCCNC(=O)CCCSSc2ccccn2)N1. The number of hydrogen-bond acceptors (Lipinski definition) is 16. The van der Waals surface area contributed by atoms with E-state index in [0.717, 1.165) is 15.7 Å². The highest BCUT2D eigenvalue weighted by molar-refractivity contribution is 8.76. The lowest BCUT2D eigenvalue weighted by molar-refractivity contribution is -0.157. The first-order valence-corrected chi connectivity index (χ1v) is 34.4. The lowest BCUT2D eigenvalue weighted by atomic mass is 9.86. The lowest BCUT2D eigenvalue weighted by Crippen LogP contribution is -2.61. The third-order valence-electron chi connectivity index (χ3n) is 16.4. The number of allylic oxidation sites excluding steroid dienone is 2. The summed E-state index contributed by atoms with van der Waals surface area (Å²) in [5, 5.41) is 21.7. The Labute approximate surface area is 550 Å². The van der Waals surface area contributed by atoms with Gasteiger partial charge in [0.1, 0.15) is 41.3 Å². The quantitative estimate of drug-likeness (QED) is 0.0661. The molecule has 2 rings (SSSR count). The number of nitrogens with zero attached hydrogens (tertiary/aromatic N) is 8. The number of carbonyl (C=O) groups excluding carboxylic acids is 11. The molecule has 2 heterocycles. The zero-order chi connectivity index (χ0) is 69.0. The predicted molar refractivity (Wildman–Crippen MR) is 357 cm³/mol. The highest BCUT2D eigenvalue weighted by Gasteiger charge is 2.45. The number of likely N-dealkylation sites (N-methyl/N-ethyl adjacent to an activating group) is 7. The summed E-state index contributed by atoms with van der Waals surface area (Å²) >= 11 is 0. The maximum Gasteiger partial charge on any atom is 0.246 e. The van der Waals surface area contributed by atoms with Crippen molar-refractivity contribution in [1.82, 2.24) is 55.2 Å². The summed E-state index contributed by atoms with van der Waals surface area (Å²) in [5.41, 5.74) is 0.268. The van der Waals surface area contributed by atoms with Gasteiger partial charge < -0.3 is 55.4 Å². The number of hydrogen-bond donors (Lipinski definition) is 4. The highest BCUT2D eigenvalue weighted by atomic mass is 33.1. The minimum Gasteiger partial charge on any atom is -0.390 e. The van der Waals surface area contributed by atoms with Crippen molar-refractivity contribution in [1.29, 1.82) is 0 Å². The summed E-state index contributed by atoms with van der Waals surface area (Å²) in [6, 6.07) is -1.34. The minimum absolute atomic E-state index is 0.100. The number of aliphatic hydroxyl groups excluding tert-OH is 1. The summed E-state index contributed by atoms with van der Waals surface area (Å²) in [4.78, 5) is 169. The molecule has 0 unspecified atom stereocenters. The monoisotopic (exact) mass is 1310 g/mol. The molecule has 25 heteroatoms. The van der Waals surface area contributed by atoms with Crippen molar-refractivity contribution in [3.8, 4) is 0 Å². The first-order valence-electron chi connectivity index (χ1n) is 32.1. The second kappa shape index (κ2) is 40.6. The van der Waals surface area contributed by atoms with Crippen LogP contribution >= 0.6 is 21.6 Å². The van der Waals surface area contributed by atoms with E-state index < -0.39 is 132 Å². The van der Waals surface area contributed by atoms with Gasteiger partial charge in [0.05, 0.1) is 25.7 Å². The molecular formula is C66H109N11O12S2. The van der Waals surface area contributed by atoms with Crippen LogP contribution in [-0.2, 0) is 52.7 Å². The van der Waals surface area contributed by atoms with Crippen LogP contribution in [0, 0.1) is 29.6 Å². The van der Waals surface area contributed by atoms with E-state index >= 15 is 9.59 Å². The van der Waals surface area contributed by atoms with E-state index in [1.807, 2.05) is 58.9 Å². The summed E-state index contributed by atoms with van der Waals surface area (Å²) in [6.45, 7) is 21.4. The second-order valence-electron chi connectivity index (χ2n) is 25.6. The van der Waals surface area contributed by atoms with Crippen LogP contribution in [0.15, 0.2) is 53.8 Å². The van der Waals surface area contributed by atoms with Gasteiger partial charge in [0.15, 0.2) is 11.6 Å². The Morgan fingerprint density at radius 2 is 1.32 bits per heavy atom. The number of rotatable bonds is 21. The van der Waals surface area contributed by atoms with Gasteiger partial charge in [-0.1, -0.05) is 91.0 Å². The molecule has 0 aliphatic carbocycles. The summed E-state index contributed by atoms with van der Waals surface area (Å²) in [6.07, 6.45) is 6.02. The van der Waals surface area contributed by atoms with Crippen molar-refractivity contribution in [2.45, 2.75) is 194 Å². The number of unbranched alkanes of at least 4 members (excludes halogenated alkanes) is 1. The molecular weight excluding hydrogens is 1200 g/mol. The smallest absolute Gasteiger partial charge is 0.246 e. The zero-order valence-corrected chi connectivity index (χ0v) is 59.1. The molecule has 4 N–H and O–H groups in total. The largest absolute Gasteiger partial charge is 0.390 e. The van der Waals surface area contributed by atoms with E-state index in [1.54, 1.807) is 61.6 Å². The van der Waals surface area contributed by atoms with E-state index in [4.69, 9.17) is 0 Å². The maximum atomic E-state index is 15.1. The zero-order valence-electron chi connectivity index (χ0n) is 57.5. The standard InChI is InChI=1S/C66H109N11O12S2/c1-19-21-27-45(9)60(83)59-53(79)38-48(20-2)62(85)73(14)41-57(82)71(12)39-46(10)69-50(28-22-24-33-67-54(80)29-26-35-90-91-56-30-23-25-34-68-56)63(86)72(13)40-49(78)31-32-55(81)70-47(11)61(84)74(15)51(36-42(3)4)64(87)75(16)52(37-43(5)6)65(88)76(17)58(44(7)8)66(89)77(59)18/h19,21,23,25,30,34,42-45,47-48,50-52,58-60,69,83H,10,20,22,24,26-29,31-33,35-41H2,1-9,11-18H3,(H,67,80)(H,70,81)/b21-19+/t45-,47-,48-,50+,51+,52+,58+,59-,60-/m1/s1. The average Bonchev–Trinajstić information content (AvgIpc) is 1.15. The Balaban J connectivity index is 2.63. The van der Waals surface area contributed by atoms with Gasteiger partial charge in [-0.3, -0.25) is 52.7 Å². The van der Waals surface area contributed by atoms with Gasteiger partial charge in [-0.05, 0) is 112 Å². The molecule has 9 atom stereocenters. The van der Waals surface area contributed by atoms with Gasteiger partial charge in [0.25, 0.3) is 0 Å². The van der Waals surface area contributed by atoms with E-state index in [-0.39, 0.29) is 75.1 Å². The summed E-state index contributed by atoms with van der Waals surface area (Å²) < 4.78 is 0. The van der Waals surface area contributed by atoms with Crippen molar-refractivity contribution in [2.24, 2.45) is 29.6 Å². The number of Topliss-reactive ketones (excluding diaryl/α,β-unsaturated/α-hetero) is 2. The first-order chi connectivity index (χ1) is 42.7. The molecule has 1 aliphatic heterocycles. The van der Waals surface area contributed by atoms with Crippen LogP contribution < -0.4 is 16.0 Å². The second-order valence-corrected chi connectivity index (χ2v) is 28.0. The number of pyridine rings is 1. The number of aliphatic hydroxyl groups is 1. The molecule has 0 saturated carbocycles. The van der Waals surface area contributed by atoms with Gasteiger partial charge in [0, 0.05) is 105 Å². The molecule has 0 radical (unpaired) electrons. The molecule has 1 aromatic heterocycles. The molecule has 91 heavy (non-hydrogen) atoms. The normalized spacial score (nSPS) is 23.3. The van der Waals surface area contributed by atoms with Crippen LogP contribution in [0.5, 0.6) is 0 Å². The molecule has 9 amide bonds. The van der Waals surface area contributed by atoms with Gasteiger partial charge in [0.2, 0.25) is 53.2 Å². The van der Waals surface area contributed by atoms with Crippen LogP contribution in [-0.4, -0.2) is 233 Å². The molecule has 1 aliphatic rings. The van der Waals surface area contributed by atoms with Crippen LogP contribution in [0.4, 0.5) is 0 Å². The summed E-state index contributed by atoms with van der Waals surface area (Å²) in [7, 11) is 13.3. The van der Waals surface area contributed by atoms with Crippen molar-refractivity contribution in [3.63, 3.8) is 0 Å². The van der Waals surface area contributed by atoms with Crippen LogP contribution in [0.2, 0.25) is 0 Å². The van der Waals surface area contributed by atoms with Crippen molar-refractivity contribution in [2.75, 3.05) is 81.3 Å². The number of ketones is 2. The maximum absolute atomic E-state index is 15.1. The summed E-state index contributed by atoms with van der Waals surface area (Å²) in [5.74, 6) is -7.31. The lowest BCUT2D eigenvalue weighted by Gasteiger charge is -2.41. The number of aromatic nitrogens is 1. The van der Waals surface area contributed by atoms with Crippen molar-refractivity contribution < 1.29 is 57.8 Å². The molecule has 23 nitrogen and oxygen atoms in total. The first kappa shape index (κ1) is 80.8. The Morgan fingerprint density at radius 1 is 0.725 bits per heavy atom. The highest BCUT2D eigenvalue weighted by Crippen LogP contribution is 2.30. The van der Waals surface area contributed by atoms with Gasteiger partial charge in [-0.25, -0.2) is 4.98 Å². The van der Waals surface area contributed by atoms with Crippen molar-refractivity contribution in [3.05, 3.63) is 48.8 Å². The third-order valence-corrected chi connectivity index (χ3v) is 18.7. The van der Waals surface area contributed by atoms with Crippen LogP contribution in [0.25, 0.3) is 0 Å². The average molecular weight is 1310 g/mol. The fourth-order valence-electron chi connectivity index (χ4n) is 10.9. The Morgan fingerprint density at radius 3 is 1.89 bits per heavy atom. The predicted octanol–water partition coefficient (Wildman–Crippen LogP) is 5.61. The fraction of sp³-hybridized carbons (Fsp3) is 0.697. The molecule has 1 aromatic rings. The Kier molecular flexibility index (Phi) is 36.0. The van der Waals surface area contributed by atoms with E-state index in [2.05, 4.69) is 27.5 Å². The molecule has 0 aromatic carbocycles. The Hall–Kier alpha value is -6.34. The van der Waals surface area contributed by atoms with Crippen molar-refractivity contribution >= 4 is 86.3 Å². The van der Waals surface area contributed by atoms with Gasteiger partial charge >= 0.3 is 0 Å². The molecule has 512 valence electrons. The molecule has 0 bridgehead atoms. The number of carbonyl (C=O) groups is 11. The topological polar surface area (TPSA) is 280 Å². The molecule has 1 fully saturated rings. The minimum atomic E-state index is -1.48. The molecule has 1 saturated heterocycles. The van der Waals surface area contributed by atoms with E-state index in [9.17, 15) is 48.3 Å². The third kappa shape index (κ3) is 26.7. The fourth-order valence-corrected chi connectivity index (χ4v) is 12.9.